The number of rotatable bonds is 4. The van der Waals surface area contributed by atoms with Crippen LogP contribution in [0.4, 0.5) is 5.95 Å². The largest absolute Gasteiger partial charge is 0.354 e. The highest BCUT2D eigenvalue weighted by atomic mass is 35.5. The number of nitrogens with zero attached hydrogens (tertiary/aromatic N) is 3. The van der Waals surface area contributed by atoms with E-state index in [1.54, 1.807) is 6.07 Å². The number of nitrogens with one attached hydrogen (secondary N) is 1. The number of nitriles is 1. The summed E-state index contributed by atoms with van der Waals surface area (Å²) in [6, 6.07) is 11.4. The fourth-order valence-electron chi connectivity index (χ4n) is 1.72. The van der Waals surface area contributed by atoms with Gasteiger partial charge in [0.15, 0.2) is 0 Å². The number of halogens is 1. The summed E-state index contributed by atoms with van der Waals surface area (Å²) in [4.78, 5) is 8.32. The van der Waals surface area contributed by atoms with E-state index in [2.05, 4.69) is 15.3 Å². The third kappa shape index (κ3) is 3.94. The molecule has 0 saturated heterocycles. The molecule has 19 heavy (non-hydrogen) atoms. The molecule has 2 rings (SSSR count). The predicted octanol–water partition coefficient (Wildman–Crippen LogP) is 2.96. The molecule has 0 bridgehead atoms. The Bertz CT molecular complexity index is 619. The molecule has 1 N–H and O–H groups in total. The van der Waals surface area contributed by atoms with Crippen LogP contribution in [0.3, 0.4) is 0 Å². The first kappa shape index (κ1) is 13.3. The molecule has 4 nitrogen and oxygen atoms in total. The molecule has 1 heterocycles. The molecule has 0 atom stereocenters. The Morgan fingerprint density at radius 1 is 1.32 bits per heavy atom. The van der Waals surface area contributed by atoms with Gasteiger partial charge >= 0.3 is 0 Å². The average molecular weight is 273 g/mol. The minimum atomic E-state index is 0.373. The van der Waals surface area contributed by atoms with Gasteiger partial charge in [-0.3, -0.25) is 0 Å². The van der Waals surface area contributed by atoms with Gasteiger partial charge in [-0.1, -0.05) is 23.7 Å². The number of hydrogen-bond donors (Lipinski definition) is 1. The van der Waals surface area contributed by atoms with E-state index in [1.807, 2.05) is 37.3 Å². The van der Waals surface area contributed by atoms with Gasteiger partial charge < -0.3 is 5.32 Å². The molecule has 0 aliphatic carbocycles. The van der Waals surface area contributed by atoms with Crippen molar-refractivity contribution in [1.82, 2.24) is 9.97 Å². The summed E-state index contributed by atoms with van der Waals surface area (Å²) < 4.78 is 0. The van der Waals surface area contributed by atoms with Gasteiger partial charge in [-0.05, 0) is 37.1 Å². The third-order valence-electron chi connectivity index (χ3n) is 2.55. The Morgan fingerprint density at radius 2 is 2.16 bits per heavy atom. The van der Waals surface area contributed by atoms with Gasteiger partial charge in [0.25, 0.3) is 0 Å². The quantitative estimate of drug-likeness (QED) is 0.929. The molecule has 1 aromatic carbocycles. The van der Waals surface area contributed by atoms with Crippen LogP contribution in [0.1, 0.15) is 17.0 Å². The Kier molecular flexibility index (Phi) is 4.32. The lowest BCUT2D eigenvalue weighted by Gasteiger charge is -2.06. The summed E-state index contributed by atoms with van der Waals surface area (Å²) in [6.07, 6.45) is 0.819. The van der Waals surface area contributed by atoms with E-state index < -0.39 is 0 Å². The van der Waals surface area contributed by atoms with Crippen LogP contribution in [0, 0.1) is 18.3 Å². The number of aromatic nitrogens is 2. The summed E-state index contributed by atoms with van der Waals surface area (Å²) in [6.45, 7) is 2.53. The van der Waals surface area contributed by atoms with Gasteiger partial charge in [-0.25, -0.2) is 9.97 Å². The monoisotopic (exact) mass is 272 g/mol. The van der Waals surface area contributed by atoms with Crippen LogP contribution < -0.4 is 5.32 Å². The van der Waals surface area contributed by atoms with E-state index in [0.717, 1.165) is 22.7 Å². The highest BCUT2D eigenvalue weighted by Gasteiger charge is 2.01. The first-order valence-corrected chi connectivity index (χ1v) is 6.29. The lowest BCUT2D eigenvalue weighted by molar-refractivity contribution is 0.970. The standard InChI is InChI=1S/C14H13ClN4/c1-10-7-13(9-16)19-14(18-10)17-6-5-11-3-2-4-12(15)8-11/h2-4,7-8H,5-6H2,1H3,(H,17,18,19). The fraction of sp³-hybridized carbons (Fsp3) is 0.214. The van der Waals surface area contributed by atoms with Crippen molar-refractivity contribution in [2.75, 3.05) is 11.9 Å². The molecule has 5 heteroatoms. The van der Waals surface area contributed by atoms with Gasteiger partial charge in [0, 0.05) is 17.3 Å². The maximum absolute atomic E-state index is 8.84. The van der Waals surface area contributed by atoms with E-state index in [-0.39, 0.29) is 0 Å². The second-order valence-corrected chi connectivity index (χ2v) is 4.57. The zero-order valence-electron chi connectivity index (χ0n) is 10.5. The highest BCUT2D eigenvalue weighted by Crippen LogP contribution is 2.11. The van der Waals surface area contributed by atoms with E-state index in [1.165, 1.54) is 0 Å². The molecule has 0 fully saturated rings. The Labute approximate surface area is 117 Å². The summed E-state index contributed by atoms with van der Waals surface area (Å²) in [5.41, 5.74) is 2.29. The molecule has 0 aliphatic heterocycles. The molecule has 0 aliphatic rings. The molecule has 0 saturated carbocycles. The second-order valence-electron chi connectivity index (χ2n) is 4.14. The van der Waals surface area contributed by atoms with Crippen molar-refractivity contribution < 1.29 is 0 Å². The summed E-state index contributed by atoms with van der Waals surface area (Å²) >= 11 is 5.92. The predicted molar refractivity (Wildman–Crippen MR) is 75.1 cm³/mol. The molecule has 96 valence electrons. The SMILES string of the molecule is Cc1cc(C#N)nc(NCCc2cccc(Cl)c2)n1. The zero-order chi connectivity index (χ0) is 13.7. The van der Waals surface area contributed by atoms with Gasteiger partial charge in [0.2, 0.25) is 5.95 Å². The summed E-state index contributed by atoms with van der Waals surface area (Å²) in [5.74, 6) is 0.485. The van der Waals surface area contributed by atoms with E-state index in [9.17, 15) is 0 Å². The first-order chi connectivity index (χ1) is 9.17. The van der Waals surface area contributed by atoms with Crippen molar-refractivity contribution in [2.24, 2.45) is 0 Å². The van der Waals surface area contributed by atoms with Crippen molar-refractivity contribution in [3.8, 4) is 6.07 Å². The Morgan fingerprint density at radius 3 is 2.89 bits per heavy atom. The van der Waals surface area contributed by atoms with E-state index in [0.29, 0.717) is 18.2 Å². The Balaban J connectivity index is 1.96. The van der Waals surface area contributed by atoms with Crippen LogP contribution in [-0.2, 0) is 6.42 Å². The lowest BCUT2D eigenvalue weighted by atomic mass is 10.1. The number of aryl methyl sites for hydroxylation is 1. The van der Waals surface area contributed by atoms with Gasteiger partial charge in [-0.15, -0.1) is 0 Å². The van der Waals surface area contributed by atoms with Crippen molar-refractivity contribution in [3.63, 3.8) is 0 Å². The number of benzene rings is 1. The first-order valence-electron chi connectivity index (χ1n) is 5.91. The van der Waals surface area contributed by atoms with Crippen LogP contribution in [0.2, 0.25) is 5.02 Å². The van der Waals surface area contributed by atoms with Crippen LogP contribution in [0.15, 0.2) is 30.3 Å². The molecule has 0 spiro atoms. The maximum Gasteiger partial charge on any atom is 0.224 e. The van der Waals surface area contributed by atoms with Crippen molar-refractivity contribution >= 4 is 17.5 Å². The van der Waals surface area contributed by atoms with E-state index >= 15 is 0 Å². The van der Waals surface area contributed by atoms with Crippen LogP contribution >= 0.6 is 11.6 Å². The van der Waals surface area contributed by atoms with Crippen molar-refractivity contribution in [2.45, 2.75) is 13.3 Å². The normalized spacial score (nSPS) is 9.95. The maximum atomic E-state index is 8.84. The number of anilines is 1. The Hall–Kier alpha value is -2.12. The number of hydrogen-bond acceptors (Lipinski definition) is 4. The van der Waals surface area contributed by atoms with Gasteiger partial charge in [0.05, 0.1) is 0 Å². The van der Waals surface area contributed by atoms with Crippen LogP contribution in [0.5, 0.6) is 0 Å². The molecular weight excluding hydrogens is 260 g/mol. The van der Waals surface area contributed by atoms with Crippen molar-refractivity contribution in [1.29, 1.82) is 5.26 Å². The molecule has 0 radical (unpaired) electrons. The minimum absolute atomic E-state index is 0.373. The molecule has 0 amide bonds. The second kappa shape index (κ2) is 6.17. The summed E-state index contributed by atoms with van der Waals surface area (Å²) in [5, 5.41) is 12.7. The zero-order valence-corrected chi connectivity index (χ0v) is 11.3. The topological polar surface area (TPSA) is 61.6 Å². The van der Waals surface area contributed by atoms with Crippen molar-refractivity contribution in [3.05, 3.63) is 52.3 Å². The van der Waals surface area contributed by atoms with E-state index in [4.69, 9.17) is 16.9 Å². The molecular formula is C14H13ClN4. The average Bonchev–Trinajstić information content (AvgIpc) is 2.38. The van der Waals surface area contributed by atoms with Crippen LogP contribution in [0.25, 0.3) is 0 Å². The summed E-state index contributed by atoms with van der Waals surface area (Å²) in [7, 11) is 0. The van der Waals surface area contributed by atoms with Gasteiger partial charge in [-0.2, -0.15) is 5.26 Å². The molecule has 1 aromatic heterocycles. The molecule has 0 unspecified atom stereocenters. The third-order valence-corrected chi connectivity index (χ3v) is 2.79. The smallest absolute Gasteiger partial charge is 0.224 e. The fourth-order valence-corrected chi connectivity index (χ4v) is 1.93. The van der Waals surface area contributed by atoms with Crippen LogP contribution in [-0.4, -0.2) is 16.5 Å². The molecule has 2 aromatic rings. The van der Waals surface area contributed by atoms with Gasteiger partial charge in [0.1, 0.15) is 11.8 Å². The minimum Gasteiger partial charge on any atom is -0.354 e. The lowest BCUT2D eigenvalue weighted by Crippen LogP contribution is -2.09. The highest BCUT2D eigenvalue weighted by molar-refractivity contribution is 6.30.